The summed E-state index contributed by atoms with van der Waals surface area (Å²) in [5.74, 6) is -0.207. The maximum Gasteiger partial charge on any atom is 0.240 e. The molecule has 32 heavy (non-hydrogen) atoms. The maximum absolute atomic E-state index is 12.9. The number of ether oxygens (including phenoxy) is 1. The average Bonchev–Trinajstić information content (AvgIpc) is 3.46. The average molecular weight is 443 g/mol. The predicted molar refractivity (Wildman–Crippen MR) is 119 cm³/mol. The molecular formula is C23H30N4O5. The van der Waals surface area contributed by atoms with E-state index in [1.54, 1.807) is 13.0 Å². The highest BCUT2D eigenvalue weighted by Crippen LogP contribution is 2.18. The summed E-state index contributed by atoms with van der Waals surface area (Å²) in [5.41, 5.74) is 1.76. The van der Waals surface area contributed by atoms with Crippen molar-refractivity contribution in [3.05, 3.63) is 41.7 Å². The first-order valence-corrected chi connectivity index (χ1v) is 11.0. The molecule has 3 amide bonds. The van der Waals surface area contributed by atoms with Gasteiger partial charge < -0.3 is 19.9 Å². The van der Waals surface area contributed by atoms with Crippen molar-refractivity contribution in [2.75, 3.05) is 29.9 Å². The van der Waals surface area contributed by atoms with E-state index in [2.05, 4.69) is 15.8 Å². The third-order valence-corrected chi connectivity index (χ3v) is 5.28. The summed E-state index contributed by atoms with van der Waals surface area (Å²) < 4.78 is 10.6. The van der Waals surface area contributed by atoms with Gasteiger partial charge in [0.15, 0.2) is 5.82 Å². The van der Waals surface area contributed by atoms with Gasteiger partial charge in [-0.15, -0.1) is 0 Å². The summed E-state index contributed by atoms with van der Waals surface area (Å²) in [6, 6.07) is 9.14. The van der Waals surface area contributed by atoms with E-state index in [1.165, 1.54) is 4.90 Å². The highest BCUT2D eigenvalue weighted by molar-refractivity contribution is 6.00. The molecule has 9 heteroatoms. The van der Waals surface area contributed by atoms with Gasteiger partial charge in [0.05, 0.1) is 6.10 Å². The van der Waals surface area contributed by atoms with Gasteiger partial charge in [-0.3, -0.25) is 19.3 Å². The number of anilines is 2. The van der Waals surface area contributed by atoms with Crippen LogP contribution in [0.3, 0.4) is 0 Å². The van der Waals surface area contributed by atoms with Gasteiger partial charge in [0, 0.05) is 37.7 Å². The second-order valence-corrected chi connectivity index (χ2v) is 7.77. The zero-order chi connectivity index (χ0) is 22.9. The lowest BCUT2D eigenvalue weighted by Crippen LogP contribution is -2.43. The number of carbonyl (C=O) groups excluding carboxylic acids is 3. The van der Waals surface area contributed by atoms with Crippen LogP contribution in [0.5, 0.6) is 0 Å². The Morgan fingerprint density at radius 1 is 1.19 bits per heavy atom. The van der Waals surface area contributed by atoms with Crippen molar-refractivity contribution in [1.82, 2.24) is 10.5 Å². The Morgan fingerprint density at radius 2 is 2.00 bits per heavy atom. The smallest absolute Gasteiger partial charge is 0.240 e. The van der Waals surface area contributed by atoms with E-state index in [0.717, 1.165) is 30.5 Å². The molecule has 1 aliphatic rings. The highest BCUT2D eigenvalue weighted by atomic mass is 16.5. The van der Waals surface area contributed by atoms with Crippen LogP contribution in [0.25, 0.3) is 0 Å². The summed E-state index contributed by atoms with van der Waals surface area (Å²) in [4.78, 5) is 39.0. The number of hydrogen-bond acceptors (Lipinski definition) is 6. The topological polar surface area (TPSA) is 114 Å². The Kier molecular flexibility index (Phi) is 8.38. The van der Waals surface area contributed by atoms with Gasteiger partial charge in [0.1, 0.15) is 12.3 Å². The summed E-state index contributed by atoms with van der Waals surface area (Å²) in [6.45, 7) is 4.61. The molecule has 2 heterocycles. The van der Waals surface area contributed by atoms with Crippen LogP contribution < -0.4 is 15.5 Å². The molecule has 3 rings (SSSR count). The van der Waals surface area contributed by atoms with Crippen LogP contribution >= 0.6 is 0 Å². The predicted octanol–water partition coefficient (Wildman–Crippen LogP) is 2.59. The Balaban J connectivity index is 1.57. The molecule has 0 spiro atoms. The fourth-order valence-electron chi connectivity index (χ4n) is 3.53. The van der Waals surface area contributed by atoms with Crippen LogP contribution in [0.1, 0.15) is 43.9 Å². The molecule has 0 saturated carbocycles. The Hall–Kier alpha value is -3.20. The number of nitrogens with zero attached hydrogens (tertiary/aromatic N) is 2. The largest absolute Gasteiger partial charge is 0.376 e. The van der Waals surface area contributed by atoms with Gasteiger partial charge in [0.2, 0.25) is 17.7 Å². The summed E-state index contributed by atoms with van der Waals surface area (Å²) in [7, 11) is 0. The van der Waals surface area contributed by atoms with Crippen molar-refractivity contribution >= 4 is 29.2 Å². The minimum Gasteiger partial charge on any atom is -0.376 e. The zero-order valence-electron chi connectivity index (χ0n) is 18.6. The number of aromatic nitrogens is 1. The van der Waals surface area contributed by atoms with Crippen LogP contribution in [-0.4, -0.2) is 48.7 Å². The number of nitrogens with one attached hydrogen (secondary N) is 2. The van der Waals surface area contributed by atoms with Crippen LogP contribution in [-0.2, 0) is 25.5 Å². The van der Waals surface area contributed by atoms with Crippen molar-refractivity contribution in [2.24, 2.45) is 0 Å². The monoisotopic (exact) mass is 442 g/mol. The van der Waals surface area contributed by atoms with Crippen LogP contribution in [0.4, 0.5) is 11.5 Å². The Morgan fingerprint density at radius 3 is 2.69 bits per heavy atom. The van der Waals surface area contributed by atoms with Crippen molar-refractivity contribution in [3.8, 4) is 0 Å². The van der Waals surface area contributed by atoms with E-state index in [4.69, 9.17) is 9.26 Å². The summed E-state index contributed by atoms with van der Waals surface area (Å²) in [5, 5.41) is 9.53. The number of benzene rings is 1. The molecule has 1 fully saturated rings. The fraction of sp³-hybridized carbons (Fsp3) is 0.478. The lowest BCUT2D eigenvalue weighted by Gasteiger charge is -2.20. The molecule has 1 aromatic carbocycles. The molecule has 2 N–H and O–H groups in total. The second kappa shape index (κ2) is 11.4. The lowest BCUT2D eigenvalue weighted by atomic mass is 10.1. The van der Waals surface area contributed by atoms with Gasteiger partial charge in [-0.2, -0.15) is 0 Å². The zero-order valence-corrected chi connectivity index (χ0v) is 18.6. The molecule has 172 valence electrons. The third-order valence-electron chi connectivity index (χ3n) is 5.28. The molecule has 0 aliphatic carbocycles. The SMILES string of the molecule is CCc1ccccc1NC(=O)CCC(=O)N(CC(=O)NCC1CCCO1)c1cc(C)on1. The van der Waals surface area contributed by atoms with E-state index in [-0.39, 0.29) is 49.0 Å². The quantitative estimate of drug-likeness (QED) is 0.585. The van der Waals surface area contributed by atoms with Gasteiger partial charge >= 0.3 is 0 Å². The van der Waals surface area contributed by atoms with Crippen LogP contribution in [0.15, 0.2) is 34.9 Å². The van der Waals surface area contributed by atoms with E-state index in [1.807, 2.05) is 31.2 Å². The van der Waals surface area contributed by atoms with Crippen LogP contribution in [0, 0.1) is 6.92 Å². The third kappa shape index (κ3) is 6.65. The Bertz CT molecular complexity index is 936. The number of amides is 3. The normalized spacial score (nSPS) is 15.4. The van der Waals surface area contributed by atoms with E-state index >= 15 is 0 Å². The molecule has 1 unspecified atom stereocenters. The minimum absolute atomic E-state index is 0.00657. The maximum atomic E-state index is 12.9. The number of aryl methyl sites for hydroxylation is 2. The first kappa shape index (κ1) is 23.5. The van der Waals surface area contributed by atoms with E-state index in [0.29, 0.717) is 18.9 Å². The molecular weight excluding hydrogens is 412 g/mol. The number of hydrogen-bond donors (Lipinski definition) is 2. The molecule has 1 saturated heterocycles. The molecule has 2 aromatic rings. The standard InChI is InChI=1S/C23H30N4O5/c1-3-17-7-4-5-9-19(17)25-21(28)10-11-23(30)27(20-13-16(2)32-26-20)15-22(29)24-14-18-8-6-12-31-18/h4-5,7,9,13,18H,3,6,8,10-12,14-15H2,1-2H3,(H,24,29)(H,25,28). The number of rotatable bonds is 10. The minimum atomic E-state index is -0.385. The molecule has 0 bridgehead atoms. The van der Waals surface area contributed by atoms with Gasteiger partial charge in [-0.1, -0.05) is 30.3 Å². The van der Waals surface area contributed by atoms with Crippen LogP contribution in [0.2, 0.25) is 0 Å². The first-order valence-electron chi connectivity index (χ1n) is 11.0. The van der Waals surface area contributed by atoms with Crippen molar-refractivity contribution in [1.29, 1.82) is 0 Å². The van der Waals surface area contributed by atoms with E-state index in [9.17, 15) is 14.4 Å². The summed E-state index contributed by atoms with van der Waals surface area (Å²) >= 11 is 0. The molecule has 1 atom stereocenters. The lowest BCUT2D eigenvalue weighted by molar-refractivity contribution is -0.125. The number of para-hydroxylation sites is 1. The van der Waals surface area contributed by atoms with Gasteiger partial charge in [0.25, 0.3) is 0 Å². The van der Waals surface area contributed by atoms with Crippen molar-refractivity contribution in [3.63, 3.8) is 0 Å². The number of carbonyl (C=O) groups is 3. The first-order chi connectivity index (χ1) is 15.5. The summed E-state index contributed by atoms with van der Waals surface area (Å²) in [6.07, 6.45) is 2.60. The molecule has 1 aromatic heterocycles. The van der Waals surface area contributed by atoms with E-state index < -0.39 is 0 Å². The molecule has 9 nitrogen and oxygen atoms in total. The van der Waals surface area contributed by atoms with Crippen molar-refractivity contribution in [2.45, 2.75) is 52.1 Å². The fourth-order valence-corrected chi connectivity index (χ4v) is 3.53. The highest BCUT2D eigenvalue weighted by Gasteiger charge is 2.24. The van der Waals surface area contributed by atoms with Gasteiger partial charge in [-0.25, -0.2) is 0 Å². The molecule has 1 aliphatic heterocycles. The Labute approximate surface area is 187 Å². The molecule has 0 radical (unpaired) electrons. The van der Waals surface area contributed by atoms with Crippen molar-refractivity contribution < 1.29 is 23.6 Å². The van der Waals surface area contributed by atoms with Gasteiger partial charge in [-0.05, 0) is 37.8 Å². The second-order valence-electron chi connectivity index (χ2n) is 7.77.